The summed E-state index contributed by atoms with van der Waals surface area (Å²) in [5.74, 6) is 0. The van der Waals surface area contributed by atoms with Crippen molar-refractivity contribution in [1.82, 2.24) is 5.32 Å². The van der Waals surface area contributed by atoms with Crippen LogP contribution in [-0.2, 0) is 0 Å². The van der Waals surface area contributed by atoms with E-state index in [1.54, 1.807) is 12.1 Å². The fourth-order valence-corrected chi connectivity index (χ4v) is 2.65. The monoisotopic (exact) mass is 278 g/mol. The summed E-state index contributed by atoms with van der Waals surface area (Å²) in [4.78, 5) is 12.6. The zero-order valence-corrected chi connectivity index (χ0v) is 12.0. The highest BCUT2D eigenvalue weighted by Crippen LogP contribution is 2.28. The van der Waals surface area contributed by atoms with Crippen LogP contribution in [0.25, 0.3) is 0 Å². The first-order valence-corrected chi connectivity index (χ1v) is 7.03. The second-order valence-corrected chi connectivity index (χ2v) is 5.54. The van der Waals surface area contributed by atoms with Crippen LogP contribution >= 0.6 is 0 Å². The van der Waals surface area contributed by atoms with Gasteiger partial charge in [-0.1, -0.05) is 0 Å². The third-order valence-corrected chi connectivity index (χ3v) is 3.74. The number of rotatable bonds is 5. The van der Waals surface area contributed by atoms with E-state index < -0.39 is 4.92 Å². The SMILES string of the molecule is CC(C)N(CC1CCCN1)c1ccc([N+](=O)[O-])c(N)c1. The average molecular weight is 278 g/mol. The topological polar surface area (TPSA) is 84.4 Å². The van der Waals surface area contributed by atoms with Crippen molar-refractivity contribution in [2.75, 3.05) is 23.7 Å². The lowest BCUT2D eigenvalue weighted by atomic mass is 10.1. The predicted octanol–water partition coefficient (Wildman–Crippen LogP) is 2.14. The van der Waals surface area contributed by atoms with Crippen molar-refractivity contribution in [3.63, 3.8) is 0 Å². The fourth-order valence-electron chi connectivity index (χ4n) is 2.65. The van der Waals surface area contributed by atoms with Gasteiger partial charge in [0.2, 0.25) is 0 Å². The van der Waals surface area contributed by atoms with Crippen molar-refractivity contribution < 1.29 is 4.92 Å². The first-order valence-electron chi connectivity index (χ1n) is 7.03. The van der Waals surface area contributed by atoms with Crippen LogP contribution in [0.5, 0.6) is 0 Å². The summed E-state index contributed by atoms with van der Waals surface area (Å²) >= 11 is 0. The number of nitro benzene ring substituents is 1. The maximum Gasteiger partial charge on any atom is 0.292 e. The lowest BCUT2D eigenvalue weighted by Gasteiger charge is -2.31. The van der Waals surface area contributed by atoms with Crippen LogP contribution in [0.3, 0.4) is 0 Å². The molecule has 1 aliphatic heterocycles. The molecule has 0 aliphatic carbocycles. The minimum absolute atomic E-state index is 0.0311. The molecule has 110 valence electrons. The van der Waals surface area contributed by atoms with Gasteiger partial charge in [0, 0.05) is 30.4 Å². The predicted molar refractivity (Wildman–Crippen MR) is 81.0 cm³/mol. The molecule has 1 atom stereocenters. The van der Waals surface area contributed by atoms with Crippen LogP contribution in [0.2, 0.25) is 0 Å². The van der Waals surface area contributed by atoms with Gasteiger partial charge in [-0.25, -0.2) is 0 Å². The number of nitrogens with one attached hydrogen (secondary N) is 1. The molecule has 0 radical (unpaired) electrons. The molecular weight excluding hydrogens is 256 g/mol. The van der Waals surface area contributed by atoms with E-state index in [2.05, 4.69) is 24.1 Å². The Labute approximate surface area is 119 Å². The van der Waals surface area contributed by atoms with E-state index in [0.29, 0.717) is 12.1 Å². The first kappa shape index (κ1) is 14.6. The molecule has 0 aromatic heterocycles. The molecule has 6 nitrogen and oxygen atoms in total. The van der Waals surface area contributed by atoms with Crippen LogP contribution in [-0.4, -0.2) is 30.1 Å². The minimum atomic E-state index is -0.447. The molecule has 0 bridgehead atoms. The number of nitrogen functional groups attached to an aromatic ring is 1. The van der Waals surface area contributed by atoms with Crippen molar-refractivity contribution >= 4 is 17.1 Å². The minimum Gasteiger partial charge on any atom is -0.393 e. The smallest absolute Gasteiger partial charge is 0.292 e. The Balaban J connectivity index is 2.20. The highest BCUT2D eigenvalue weighted by atomic mass is 16.6. The largest absolute Gasteiger partial charge is 0.393 e. The Kier molecular flexibility index (Phi) is 4.44. The van der Waals surface area contributed by atoms with Gasteiger partial charge >= 0.3 is 0 Å². The molecule has 1 fully saturated rings. The van der Waals surface area contributed by atoms with Crippen LogP contribution in [0.1, 0.15) is 26.7 Å². The standard InChI is InChI=1S/C14H22N4O2/c1-10(2)17(9-11-4-3-7-16-11)12-5-6-14(18(19)20)13(15)8-12/h5-6,8,10-11,16H,3-4,7,9,15H2,1-2H3. The Morgan fingerprint density at radius 3 is 2.80 bits per heavy atom. The van der Waals surface area contributed by atoms with Gasteiger partial charge < -0.3 is 16.0 Å². The second-order valence-electron chi connectivity index (χ2n) is 5.54. The molecule has 2 rings (SSSR count). The summed E-state index contributed by atoms with van der Waals surface area (Å²) in [5.41, 5.74) is 6.91. The number of benzene rings is 1. The van der Waals surface area contributed by atoms with E-state index >= 15 is 0 Å². The van der Waals surface area contributed by atoms with Crippen LogP contribution < -0.4 is 16.0 Å². The van der Waals surface area contributed by atoms with Crippen molar-refractivity contribution in [3.05, 3.63) is 28.3 Å². The molecule has 0 spiro atoms. The van der Waals surface area contributed by atoms with Crippen LogP contribution in [0, 0.1) is 10.1 Å². The molecule has 20 heavy (non-hydrogen) atoms. The molecule has 3 N–H and O–H groups in total. The number of nitrogens with two attached hydrogens (primary N) is 1. The summed E-state index contributed by atoms with van der Waals surface area (Å²) < 4.78 is 0. The van der Waals surface area contributed by atoms with Crippen LogP contribution in [0.15, 0.2) is 18.2 Å². The number of nitro groups is 1. The number of nitrogens with zero attached hydrogens (tertiary/aromatic N) is 2. The van der Waals surface area contributed by atoms with Gasteiger partial charge in [-0.15, -0.1) is 0 Å². The summed E-state index contributed by atoms with van der Waals surface area (Å²) in [6.45, 7) is 6.20. The fraction of sp³-hybridized carbons (Fsp3) is 0.571. The molecular formula is C14H22N4O2. The lowest BCUT2D eigenvalue weighted by Crippen LogP contribution is -2.41. The van der Waals surface area contributed by atoms with Gasteiger partial charge in [-0.2, -0.15) is 0 Å². The molecule has 0 amide bonds. The molecule has 0 saturated carbocycles. The average Bonchev–Trinajstić information content (AvgIpc) is 2.87. The highest BCUT2D eigenvalue weighted by molar-refractivity contribution is 5.66. The van der Waals surface area contributed by atoms with Gasteiger partial charge in [0.05, 0.1) is 4.92 Å². The molecule has 1 aliphatic rings. The first-order chi connectivity index (χ1) is 9.49. The van der Waals surface area contributed by atoms with E-state index in [1.807, 2.05) is 0 Å². The molecule has 1 unspecified atom stereocenters. The zero-order chi connectivity index (χ0) is 14.7. The van der Waals surface area contributed by atoms with Gasteiger partial charge in [0.25, 0.3) is 5.69 Å². The van der Waals surface area contributed by atoms with E-state index in [0.717, 1.165) is 18.8 Å². The lowest BCUT2D eigenvalue weighted by molar-refractivity contribution is -0.383. The van der Waals surface area contributed by atoms with Crippen molar-refractivity contribution in [2.45, 2.75) is 38.8 Å². The third-order valence-electron chi connectivity index (χ3n) is 3.74. The summed E-state index contributed by atoms with van der Waals surface area (Å²) in [5, 5.41) is 14.3. The van der Waals surface area contributed by atoms with E-state index in [1.165, 1.54) is 18.9 Å². The quantitative estimate of drug-likeness (QED) is 0.490. The maximum absolute atomic E-state index is 10.8. The third kappa shape index (κ3) is 3.19. The zero-order valence-electron chi connectivity index (χ0n) is 12.0. The molecule has 1 aromatic rings. The van der Waals surface area contributed by atoms with Gasteiger partial charge in [-0.3, -0.25) is 10.1 Å². The Morgan fingerprint density at radius 2 is 2.30 bits per heavy atom. The molecule has 6 heteroatoms. The molecule has 1 saturated heterocycles. The Hall–Kier alpha value is -1.82. The summed E-state index contributed by atoms with van der Waals surface area (Å²) in [6.07, 6.45) is 2.38. The maximum atomic E-state index is 10.8. The highest BCUT2D eigenvalue weighted by Gasteiger charge is 2.21. The summed E-state index contributed by atoms with van der Waals surface area (Å²) in [7, 11) is 0. The number of anilines is 2. The van der Waals surface area contributed by atoms with Gasteiger partial charge in [0.15, 0.2) is 0 Å². The number of hydrogen-bond acceptors (Lipinski definition) is 5. The van der Waals surface area contributed by atoms with E-state index in [-0.39, 0.29) is 11.4 Å². The molecule has 1 aromatic carbocycles. The normalized spacial score (nSPS) is 18.4. The van der Waals surface area contributed by atoms with Gasteiger partial charge in [0.1, 0.15) is 5.69 Å². The molecule has 1 heterocycles. The number of hydrogen-bond donors (Lipinski definition) is 2. The second kappa shape index (κ2) is 6.09. The van der Waals surface area contributed by atoms with Crippen molar-refractivity contribution in [2.24, 2.45) is 0 Å². The van der Waals surface area contributed by atoms with Gasteiger partial charge in [-0.05, 0) is 45.4 Å². The Bertz CT molecular complexity index is 484. The van der Waals surface area contributed by atoms with E-state index in [4.69, 9.17) is 5.73 Å². The summed E-state index contributed by atoms with van der Waals surface area (Å²) in [6, 6.07) is 5.77. The van der Waals surface area contributed by atoms with E-state index in [9.17, 15) is 10.1 Å². The van der Waals surface area contributed by atoms with Crippen LogP contribution in [0.4, 0.5) is 17.1 Å². The Morgan fingerprint density at radius 1 is 1.55 bits per heavy atom. The van der Waals surface area contributed by atoms with Crippen molar-refractivity contribution in [3.8, 4) is 0 Å². The van der Waals surface area contributed by atoms with Crippen molar-refractivity contribution in [1.29, 1.82) is 0 Å².